The highest BCUT2D eigenvalue weighted by Crippen LogP contribution is 2.46. The number of unbranched alkanes of at least 4 members (excludes halogenated alkanes) is 1. The number of sulfonamides is 1. The monoisotopic (exact) mass is 564 g/mol. The molecule has 204 valence electrons. The predicted octanol–water partition coefficient (Wildman–Crippen LogP) is 6.70. The van der Waals surface area contributed by atoms with Crippen LogP contribution in [0.2, 0.25) is 0 Å². The maximum absolute atomic E-state index is 14.3. The smallest absolute Gasteiger partial charge is 0.321 e. The summed E-state index contributed by atoms with van der Waals surface area (Å²) in [5.41, 5.74) is 2.04. The molecule has 2 aromatic carbocycles. The number of fused-ring (bicyclic) bond motifs is 1. The van der Waals surface area contributed by atoms with Crippen molar-refractivity contribution < 1.29 is 17.9 Å². The average Bonchev–Trinajstić information content (AvgIpc) is 2.97. The summed E-state index contributed by atoms with van der Waals surface area (Å²) in [6, 6.07) is 13.9. The first-order valence-corrected chi connectivity index (χ1v) is 16.4. The summed E-state index contributed by atoms with van der Waals surface area (Å²) in [5, 5.41) is 0. The van der Waals surface area contributed by atoms with Gasteiger partial charge in [-0.25, -0.2) is 8.42 Å². The van der Waals surface area contributed by atoms with Crippen molar-refractivity contribution in [1.29, 1.82) is 0 Å². The lowest BCUT2D eigenvalue weighted by atomic mass is 9.88. The van der Waals surface area contributed by atoms with Crippen LogP contribution in [0, 0.1) is 0 Å². The quantitative estimate of drug-likeness (QED) is 0.235. The van der Waals surface area contributed by atoms with Gasteiger partial charge < -0.3 is 9.64 Å². The van der Waals surface area contributed by atoms with Crippen molar-refractivity contribution in [3.63, 3.8) is 0 Å². The first-order valence-electron chi connectivity index (χ1n) is 12.7. The maximum Gasteiger partial charge on any atom is 0.321 e. The Morgan fingerprint density at radius 2 is 1.84 bits per heavy atom. The van der Waals surface area contributed by atoms with Gasteiger partial charge in [-0.3, -0.25) is 4.79 Å². The summed E-state index contributed by atoms with van der Waals surface area (Å²) in [7, 11) is -0.661. The second-order valence-corrected chi connectivity index (χ2v) is 14.4. The molecule has 0 amide bonds. The second-order valence-electron chi connectivity index (χ2n) is 10.00. The van der Waals surface area contributed by atoms with Crippen LogP contribution in [0.5, 0.6) is 0 Å². The largest absolute Gasteiger partial charge is 0.468 e. The molecule has 6 nitrogen and oxygen atoms in total. The van der Waals surface area contributed by atoms with Crippen LogP contribution in [0.25, 0.3) is 0 Å². The molecule has 0 aromatic heterocycles. The van der Waals surface area contributed by atoms with Crippen LogP contribution in [0.3, 0.4) is 0 Å². The SMILES string of the molecule is CCCCC1(CC)CN(c2ccccc2)c2cc(SC)c(CSC(C)(C)C(=O)OC)cc2S(=O)(=O)N1C. The van der Waals surface area contributed by atoms with E-state index in [1.165, 1.54) is 18.9 Å². The molecule has 0 saturated carbocycles. The first-order chi connectivity index (χ1) is 17.5. The van der Waals surface area contributed by atoms with Gasteiger partial charge in [0.05, 0.1) is 18.3 Å². The summed E-state index contributed by atoms with van der Waals surface area (Å²) >= 11 is 3.05. The fraction of sp³-hybridized carbons (Fsp3) is 0.536. The van der Waals surface area contributed by atoms with Gasteiger partial charge in [0.15, 0.2) is 0 Å². The summed E-state index contributed by atoms with van der Waals surface area (Å²) in [6.45, 7) is 8.47. The van der Waals surface area contributed by atoms with E-state index in [0.717, 1.165) is 35.4 Å². The minimum atomic E-state index is -3.79. The summed E-state index contributed by atoms with van der Waals surface area (Å²) in [4.78, 5) is 15.8. The topological polar surface area (TPSA) is 66.9 Å². The van der Waals surface area contributed by atoms with Gasteiger partial charge in [-0.1, -0.05) is 44.9 Å². The number of benzene rings is 2. The van der Waals surface area contributed by atoms with Gasteiger partial charge in [-0.05, 0) is 62.8 Å². The Morgan fingerprint density at radius 3 is 2.41 bits per heavy atom. The van der Waals surface area contributed by atoms with Gasteiger partial charge in [-0.15, -0.1) is 23.5 Å². The third-order valence-corrected chi connectivity index (χ3v) is 11.6. The molecular weight excluding hydrogens is 525 g/mol. The number of hydrogen-bond donors (Lipinski definition) is 0. The van der Waals surface area contributed by atoms with Crippen molar-refractivity contribution in [1.82, 2.24) is 4.31 Å². The highest BCUT2D eigenvalue weighted by atomic mass is 32.2. The normalized spacial score (nSPS) is 19.8. The predicted molar refractivity (Wildman–Crippen MR) is 157 cm³/mol. The molecule has 9 heteroatoms. The molecule has 1 heterocycles. The van der Waals surface area contributed by atoms with Crippen LogP contribution in [-0.4, -0.2) is 55.9 Å². The number of methoxy groups -OCH3 is 1. The molecule has 1 atom stereocenters. The Kier molecular flexibility index (Phi) is 9.70. The maximum atomic E-state index is 14.3. The van der Waals surface area contributed by atoms with E-state index in [0.29, 0.717) is 29.3 Å². The lowest BCUT2D eigenvalue weighted by molar-refractivity contribution is -0.142. The van der Waals surface area contributed by atoms with Crippen molar-refractivity contribution in [3.05, 3.63) is 48.0 Å². The molecule has 0 N–H and O–H groups in total. The molecule has 0 aliphatic carbocycles. The fourth-order valence-corrected chi connectivity index (χ4v) is 8.33. The van der Waals surface area contributed by atoms with Gasteiger partial charge in [0, 0.05) is 29.9 Å². The highest BCUT2D eigenvalue weighted by molar-refractivity contribution is 8.00. The molecule has 1 unspecified atom stereocenters. The number of carbonyl (C=O) groups is 1. The molecular formula is C28H40N2O4S3. The van der Waals surface area contributed by atoms with E-state index in [1.807, 2.05) is 62.6 Å². The third-order valence-electron chi connectivity index (χ3n) is 7.40. The molecule has 0 fully saturated rings. The van der Waals surface area contributed by atoms with Gasteiger partial charge in [0.2, 0.25) is 10.0 Å². The van der Waals surface area contributed by atoms with Crippen LogP contribution >= 0.6 is 23.5 Å². The van der Waals surface area contributed by atoms with E-state index in [9.17, 15) is 13.2 Å². The third kappa shape index (κ3) is 6.00. The standard InChI is InChI=1S/C28H40N2O4S3/c1-8-10-16-28(9-2)20-30(22-14-12-11-13-15-22)23-18-24(35-7)21(17-25(23)37(32,33)29(28)5)19-36-27(3,4)26(31)34-6/h11-15,17-18H,8-10,16,19-20H2,1-7H3. The average molecular weight is 565 g/mol. The number of thioether (sulfide) groups is 2. The number of hydrogen-bond acceptors (Lipinski definition) is 7. The Bertz CT molecular complexity index is 1200. The number of rotatable bonds is 10. The molecule has 0 radical (unpaired) electrons. The van der Waals surface area contributed by atoms with Crippen molar-refractivity contribution in [2.45, 2.75) is 79.2 Å². The molecule has 37 heavy (non-hydrogen) atoms. The number of ether oxygens (including phenoxy) is 1. The number of likely N-dealkylation sites (N-methyl/N-ethyl adjacent to an activating group) is 1. The number of nitrogens with zero attached hydrogens (tertiary/aromatic N) is 2. The van der Waals surface area contributed by atoms with E-state index < -0.39 is 20.3 Å². The second kappa shape index (κ2) is 12.0. The zero-order valence-corrected chi connectivity index (χ0v) is 25.5. The number of esters is 1. The van der Waals surface area contributed by atoms with Crippen LogP contribution in [0.1, 0.15) is 58.9 Å². The highest BCUT2D eigenvalue weighted by Gasteiger charge is 2.46. The van der Waals surface area contributed by atoms with E-state index in [-0.39, 0.29) is 5.97 Å². The molecule has 0 saturated heterocycles. The zero-order valence-electron chi connectivity index (χ0n) is 23.0. The Morgan fingerprint density at radius 1 is 1.16 bits per heavy atom. The Balaban J connectivity index is 2.23. The van der Waals surface area contributed by atoms with Gasteiger partial charge in [-0.2, -0.15) is 4.31 Å². The van der Waals surface area contributed by atoms with Crippen LogP contribution in [0.15, 0.2) is 52.3 Å². The Hall–Kier alpha value is -1.68. The fourth-order valence-electron chi connectivity index (χ4n) is 4.85. The number of para-hydroxylation sites is 1. The van der Waals surface area contributed by atoms with E-state index in [1.54, 1.807) is 23.1 Å². The lowest BCUT2D eigenvalue weighted by Gasteiger charge is -2.41. The Labute approximate surface area is 231 Å². The van der Waals surface area contributed by atoms with Crippen LogP contribution in [0.4, 0.5) is 11.4 Å². The van der Waals surface area contributed by atoms with E-state index in [4.69, 9.17) is 4.74 Å². The number of carbonyl (C=O) groups excluding carboxylic acids is 1. The van der Waals surface area contributed by atoms with Gasteiger partial charge in [0.1, 0.15) is 9.64 Å². The molecule has 0 bridgehead atoms. The number of anilines is 2. The molecule has 0 spiro atoms. The minimum absolute atomic E-state index is 0.302. The lowest BCUT2D eigenvalue weighted by Crippen LogP contribution is -2.53. The molecule has 1 aliphatic heterocycles. The van der Waals surface area contributed by atoms with Crippen LogP contribution < -0.4 is 4.90 Å². The van der Waals surface area contributed by atoms with Gasteiger partial charge in [0.25, 0.3) is 0 Å². The van der Waals surface area contributed by atoms with Crippen molar-refractivity contribution in [3.8, 4) is 0 Å². The summed E-state index contributed by atoms with van der Waals surface area (Å²) in [5.74, 6) is 0.189. The molecule has 1 aliphatic rings. The minimum Gasteiger partial charge on any atom is -0.468 e. The van der Waals surface area contributed by atoms with Crippen LogP contribution in [-0.2, 0) is 25.3 Å². The van der Waals surface area contributed by atoms with Crippen molar-refractivity contribution in [2.24, 2.45) is 0 Å². The van der Waals surface area contributed by atoms with E-state index >= 15 is 0 Å². The van der Waals surface area contributed by atoms with E-state index in [2.05, 4.69) is 18.7 Å². The van der Waals surface area contributed by atoms with Gasteiger partial charge >= 0.3 is 5.97 Å². The zero-order chi connectivity index (χ0) is 27.4. The molecule has 3 rings (SSSR count). The summed E-state index contributed by atoms with van der Waals surface area (Å²) < 4.78 is 34.4. The first kappa shape index (κ1) is 29.9. The van der Waals surface area contributed by atoms with Crippen molar-refractivity contribution >= 4 is 50.9 Å². The molecule has 2 aromatic rings. The summed E-state index contributed by atoms with van der Waals surface area (Å²) in [6.07, 6.45) is 5.46. The van der Waals surface area contributed by atoms with Crippen molar-refractivity contribution in [2.75, 3.05) is 31.9 Å².